The Labute approximate surface area is 118 Å². The van der Waals surface area contributed by atoms with Crippen molar-refractivity contribution in [1.29, 1.82) is 0 Å². The molecule has 0 aliphatic heterocycles. The Kier molecular flexibility index (Phi) is 5.35. The maximum absolute atomic E-state index is 12.3. The molecule has 1 N–H and O–H groups in total. The molecule has 18 heavy (non-hydrogen) atoms. The van der Waals surface area contributed by atoms with Crippen LogP contribution in [0, 0.1) is 0 Å². The zero-order chi connectivity index (χ0) is 13.8. The Bertz CT molecular complexity index is 418. The number of likely N-dealkylation sites (N-methyl/N-ethyl adjacent to an activating group) is 2. The lowest BCUT2D eigenvalue weighted by atomic mass is 10.0. The molecule has 0 unspecified atom stereocenters. The first-order valence-electron chi connectivity index (χ1n) is 6.12. The van der Waals surface area contributed by atoms with Gasteiger partial charge < -0.3 is 10.2 Å². The number of hydrogen-bond acceptors (Lipinski definition) is 2. The number of benzene rings is 1. The van der Waals surface area contributed by atoms with E-state index in [0.717, 1.165) is 16.6 Å². The molecule has 0 spiro atoms. The van der Waals surface area contributed by atoms with E-state index in [2.05, 4.69) is 21.2 Å². The molecule has 0 saturated carbocycles. The first-order chi connectivity index (χ1) is 8.38. The van der Waals surface area contributed by atoms with Crippen LogP contribution in [0.5, 0.6) is 0 Å². The largest absolute Gasteiger partial charge is 0.340 e. The second kappa shape index (κ2) is 6.34. The molecule has 1 rings (SSSR count). The van der Waals surface area contributed by atoms with Gasteiger partial charge in [-0.1, -0.05) is 41.1 Å². The number of halogens is 1. The normalized spacial score (nSPS) is 11.4. The highest BCUT2D eigenvalue weighted by atomic mass is 79.9. The maximum Gasteiger partial charge on any atom is 0.242 e. The number of nitrogens with one attached hydrogen (secondary N) is 1. The smallest absolute Gasteiger partial charge is 0.242 e. The van der Waals surface area contributed by atoms with Crippen LogP contribution in [0.2, 0.25) is 0 Å². The van der Waals surface area contributed by atoms with Crippen molar-refractivity contribution in [1.82, 2.24) is 10.2 Å². The highest BCUT2D eigenvalue weighted by molar-refractivity contribution is 9.10. The van der Waals surface area contributed by atoms with Crippen LogP contribution in [-0.4, -0.2) is 29.9 Å². The summed E-state index contributed by atoms with van der Waals surface area (Å²) >= 11 is 3.50. The molecule has 0 heterocycles. The highest BCUT2D eigenvalue weighted by Crippen LogP contribution is 2.18. The molecule has 0 radical (unpaired) electrons. The van der Waals surface area contributed by atoms with Gasteiger partial charge in [-0.2, -0.15) is 0 Å². The quantitative estimate of drug-likeness (QED) is 0.906. The van der Waals surface area contributed by atoms with Crippen molar-refractivity contribution in [2.24, 2.45) is 0 Å². The Morgan fingerprint density at radius 3 is 2.56 bits per heavy atom. The van der Waals surface area contributed by atoms with Crippen LogP contribution in [0.3, 0.4) is 0 Å². The Balaban J connectivity index is 2.74. The lowest BCUT2D eigenvalue weighted by Crippen LogP contribution is -2.52. The van der Waals surface area contributed by atoms with Crippen LogP contribution in [0.1, 0.15) is 26.3 Å². The minimum absolute atomic E-state index is 0.0973. The van der Waals surface area contributed by atoms with Gasteiger partial charge >= 0.3 is 0 Å². The maximum atomic E-state index is 12.3. The molecule has 1 aromatic carbocycles. The van der Waals surface area contributed by atoms with Crippen molar-refractivity contribution in [3.8, 4) is 0 Å². The number of carbonyl (C=O) groups is 1. The fourth-order valence-corrected chi connectivity index (χ4v) is 2.36. The van der Waals surface area contributed by atoms with Gasteiger partial charge in [-0.25, -0.2) is 0 Å². The fourth-order valence-electron chi connectivity index (χ4n) is 1.95. The summed E-state index contributed by atoms with van der Waals surface area (Å²) in [7, 11) is 1.83. The van der Waals surface area contributed by atoms with E-state index in [1.165, 1.54) is 0 Å². The van der Waals surface area contributed by atoms with Gasteiger partial charge in [-0.3, -0.25) is 4.79 Å². The number of carbonyl (C=O) groups excluding carboxylic acids is 1. The van der Waals surface area contributed by atoms with E-state index in [4.69, 9.17) is 0 Å². The van der Waals surface area contributed by atoms with E-state index < -0.39 is 5.54 Å². The van der Waals surface area contributed by atoms with Gasteiger partial charge in [-0.15, -0.1) is 0 Å². The molecule has 100 valence electrons. The molecule has 0 bridgehead atoms. The number of amides is 1. The van der Waals surface area contributed by atoms with Gasteiger partial charge in [0.1, 0.15) is 0 Å². The molecule has 0 aliphatic rings. The van der Waals surface area contributed by atoms with Crippen LogP contribution in [0.25, 0.3) is 0 Å². The van der Waals surface area contributed by atoms with Gasteiger partial charge in [-0.05, 0) is 32.0 Å². The van der Waals surface area contributed by atoms with Crippen LogP contribution in [0.4, 0.5) is 0 Å². The van der Waals surface area contributed by atoms with Crippen molar-refractivity contribution in [3.63, 3.8) is 0 Å². The van der Waals surface area contributed by atoms with E-state index in [0.29, 0.717) is 6.54 Å². The molecule has 0 saturated heterocycles. The average Bonchev–Trinajstić information content (AvgIpc) is 2.31. The second-order valence-electron chi connectivity index (χ2n) is 4.91. The molecule has 0 aromatic heterocycles. The first kappa shape index (κ1) is 15.2. The number of hydrogen-bond donors (Lipinski definition) is 1. The minimum atomic E-state index is -0.523. The molecular weight excluding hydrogens is 292 g/mol. The lowest BCUT2D eigenvalue weighted by molar-refractivity contribution is -0.136. The lowest BCUT2D eigenvalue weighted by Gasteiger charge is -2.30. The number of nitrogens with zero attached hydrogens (tertiary/aromatic N) is 1. The van der Waals surface area contributed by atoms with Crippen LogP contribution in [0.15, 0.2) is 28.7 Å². The summed E-state index contributed by atoms with van der Waals surface area (Å²) in [5.41, 5.74) is 0.589. The molecule has 3 nitrogen and oxygen atoms in total. The Hall–Kier alpha value is -0.870. The summed E-state index contributed by atoms with van der Waals surface area (Å²) in [4.78, 5) is 14.1. The van der Waals surface area contributed by atoms with E-state index in [1.807, 2.05) is 52.1 Å². The standard InChI is InChI=1S/C14H21BrN2O/c1-5-16-14(2,3)13(18)17(4)10-11-8-6-7-9-12(11)15/h6-9,16H,5,10H2,1-4H3. The summed E-state index contributed by atoms with van der Waals surface area (Å²) in [5.74, 6) is 0.0973. The SMILES string of the molecule is CCNC(C)(C)C(=O)N(C)Cc1ccccc1Br. The highest BCUT2D eigenvalue weighted by Gasteiger charge is 2.29. The second-order valence-corrected chi connectivity index (χ2v) is 5.76. The van der Waals surface area contributed by atoms with Crippen molar-refractivity contribution < 1.29 is 4.79 Å². The van der Waals surface area contributed by atoms with E-state index in [9.17, 15) is 4.79 Å². The molecule has 4 heteroatoms. The van der Waals surface area contributed by atoms with Crippen LogP contribution < -0.4 is 5.32 Å². The third-order valence-corrected chi connectivity index (χ3v) is 3.64. The average molecular weight is 313 g/mol. The third kappa shape index (κ3) is 3.82. The zero-order valence-corrected chi connectivity index (χ0v) is 13.0. The van der Waals surface area contributed by atoms with Gasteiger partial charge in [0, 0.05) is 18.1 Å². The molecular formula is C14H21BrN2O. The first-order valence-corrected chi connectivity index (χ1v) is 6.91. The summed E-state index contributed by atoms with van der Waals surface area (Å²) in [6.45, 7) is 7.21. The molecule has 1 aromatic rings. The van der Waals surface area contributed by atoms with E-state index in [-0.39, 0.29) is 5.91 Å². The summed E-state index contributed by atoms with van der Waals surface area (Å²) < 4.78 is 1.03. The predicted octanol–water partition coefficient (Wildman–Crippen LogP) is 2.80. The van der Waals surface area contributed by atoms with Crippen molar-refractivity contribution in [2.45, 2.75) is 32.9 Å². The summed E-state index contributed by atoms with van der Waals surface area (Å²) in [5, 5.41) is 3.20. The fraction of sp³-hybridized carbons (Fsp3) is 0.500. The van der Waals surface area contributed by atoms with Crippen LogP contribution >= 0.6 is 15.9 Å². The van der Waals surface area contributed by atoms with Crippen molar-refractivity contribution in [3.05, 3.63) is 34.3 Å². The minimum Gasteiger partial charge on any atom is -0.340 e. The topological polar surface area (TPSA) is 32.3 Å². The Morgan fingerprint density at radius 2 is 2.00 bits per heavy atom. The monoisotopic (exact) mass is 312 g/mol. The molecule has 1 amide bonds. The molecule has 0 fully saturated rings. The van der Waals surface area contributed by atoms with E-state index in [1.54, 1.807) is 4.90 Å². The van der Waals surface area contributed by atoms with Gasteiger partial charge in [0.25, 0.3) is 0 Å². The van der Waals surface area contributed by atoms with Gasteiger partial charge in [0.2, 0.25) is 5.91 Å². The zero-order valence-electron chi connectivity index (χ0n) is 11.5. The van der Waals surface area contributed by atoms with Crippen molar-refractivity contribution in [2.75, 3.05) is 13.6 Å². The van der Waals surface area contributed by atoms with E-state index >= 15 is 0 Å². The third-order valence-electron chi connectivity index (χ3n) is 2.87. The van der Waals surface area contributed by atoms with Gasteiger partial charge in [0.15, 0.2) is 0 Å². The van der Waals surface area contributed by atoms with Gasteiger partial charge in [0.05, 0.1) is 5.54 Å². The summed E-state index contributed by atoms with van der Waals surface area (Å²) in [6.07, 6.45) is 0. The predicted molar refractivity (Wildman–Crippen MR) is 78.4 cm³/mol. The van der Waals surface area contributed by atoms with Crippen LogP contribution in [-0.2, 0) is 11.3 Å². The molecule has 0 aliphatic carbocycles. The Morgan fingerprint density at radius 1 is 1.39 bits per heavy atom. The van der Waals surface area contributed by atoms with Crippen molar-refractivity contribution >= 4 is 21.8 Å². The molecule has 0 atom stereocenters. The summed E-state index contributed by atoms with van der Waals surface area (Å²) in [6, 6.07) is 7.96. The number of rotatable bonds is 5.